The fraction of sp³-hybridized carbons (Fsp3) is 0.444. The summed E-state index contributed by atoms with van der Waals surface area (Å²) in [5, 5.41) is 3.30. The first-order valence-corrected chi connectivity index (χ1v) is 3.92. The lowest BCUT2D eigenvalue weighted by Crippen LogP contribution is -2.22. The summed E-state index contributed by atoms with van der Waals surface area (Å²) in [6, 6.07) is 6.48. The topological polar surface area (TPSA) is 24.9 Å². The van der Waals surface area contributed by atoms with Crippen LogP contribution in [0.4, 0.5) is 0 Å². The summed E-state index contributed by atoms with van der Waals surface area (Å²) in [6.07, 6.45) is 1.82. The van der Waals surface area contributed by atoms with Crippen LogP contribution in [0.25, 0.3) is 0 Å². The molecule has 13 heavy (non-hydrogen) atoms. The Bertz CT molecular complexity index is 202. The number of halogens is 2. The number of nitrogens with zero attached hydrogens (tertiary/aromatic N) is 1. The third-order valence-corrected chi connectivity index (χ3v) is 1.42. The molecule has 0 radical (unpaired) electrons. The fourth-order valence-electron chi connectivity index (χ4n) is 0.811. The standard InChI is InChI=1S/C9H14N2.2ClH/c1-8(2)11-7-9-5-3-4-6-10-9;;/h3-6,8,11H,7H2,1-2H3;2*1H. The second kappa shape index (κ2) is 8.30. The highest BCUT2D eigenvalue weighted by Crippen LogP contribution is 1.92. The van der Waals surface area contributed by atoms with Gasteiger partial charge in [0, 0.05) is 18.8 Å². The Morgan fingerprint density at radius 2 is 2.00 bits per heavy atom. The molecule has 1 rings (SSSR count). The summed E-state index contributed by atoms with van der Waals surface area (Å²) in [6.45, 7) is 5.12. The van der Waals surface area contributed by atoms with Crippen LogP contribution < -0.4 is 5.32 Å². The lowest BCUT2D eigenvalue weighted by Gasteiger charge is -2.06. The van der Waals surface area contributed by atoms with E-state index >= 15 is 0 Å². The van der Waals surface area contributed by atoms with Crippen LogP contribution in [-0.4, -0.2) is 11.0 Å². The zero-order valence-electron chi connectivity index (χ0n) is 7.86. The fourth-order valence-corrected chi connectivity index (χ4v) is 0.811. The van der Waals surface area contributed by atoms with Crippen molar-refractivity contribution in [1.29, 1.82) is 0 Å². The van der Waals surface area contributed by atoms with Gasteiger partial charge in [0.2, 0.25) is 0 Å². The number of nitrogens with one attached hydrogen (secondary N) is 1. The molecule has 76 valence electrons. The van der Waals surface area contributed by atoms with Gasteiger partial charge in [-0.25, -0.2) is 0 Å². The van der Waals surface area contributed by atoms with Crippen molar-refractivity contribution in [2.75, 3.05) is 0 Å². The van der Waals surface area contributed by atoms with Crippen LogP contribution >= 0.6 is 24.8 Å². The Morgan fingerprint density at radius 3 is 2.46 bits per heavy atom. The van der Waals surface area contributed by atoms with Gasteiger partial charge in [0.1, 0.15) is 0 Å². The Labute approximate surface area is 92.0 Å². The largest absolute Gasteiger partial charge is 0.309 e. The van der Waals surface area contributed by atoms with E-state index in [9.17, 15) is 0 Å². The number of aromatic nitrogens is 1. The van der Waals surface area contributed by atoms with E-state index in [4.69, 9.17) is 0 Å². The van der Waals surface area contributed by atoms with Gasteiger partial charge in [-0.2, -0.15) is 0 Å². The van der Waals surface area contributed by atoms with Crippen LogP contribution in [0.3, 0.4) is 0 Å². The van der Waals surface area contributed by atoms with Crippen LogP contribution in [0, 0.1) is 0 Å². The highest BCUT2D eigenvalue weighted by Gasteiger charge is 1.93. The van der Waals surface area contributed by atoms with E-state index in [-0.39, 0.29) is 24.8 Å². The van der Waals surface area contributed by atoms with Crippen LogP contribution in [-0.2, 0) is 6.54 Å². The molecule has 4 heteroatoms. The van der Waals surface area contributed by atoms with Gasteiger partial charge in [0.05, 0.1) is 5.69 Å². The molecular formula is C9H16Cl2N2. The zero-order chi connectivity index (χ0) is 8.10. The number of rotatable bonds is 3. The van der Waals surface area contributed by atoms with Crippen LogP contribution in [0.1, 0.15) is 19.5 Å². The predicted octanol–water partition coefficient (Wildman–Crippen LogP) is 2.42. The molecule has 0 amide bonds. The Morgan fingerprint density at radius 1 is 1.31 bits per heavy atom. The second-order valence-electron chi connectivity index (χ2n) is 2.86. The van der Waals surface area contributed by atoms with Crippen molar-refractivity contribution in [3.8, 4) is 0 Å². The van der Waals surface area contributed by atoms with E-state index in [1.807, 2.05) is 24.4 Å². The van der Waals surface area contributed by atoms with Gasteiger partial charge in [-0.15, -0.1) is 24.8 Å². The van der Waals surface area contributed by atoms with Crippen molar-refractivity contribution in [3.05, 3.63) is 30.1 Å². The molecule has 0 aromatic carbocycles. The molecule has 1 aromatic heterocycles. The molecule has 0 aliphatic rings. The third kappa shape index (κ3) is 6.82. The maximum atomic E-state index is 4.19. The lowest BCUT2D eigenvalue weighted by molar-refractivity contribution is 0.581. The van der Waals surface area contributed by atoms with Gasteiger partial charge in [-0.3, -0.25) is 4.98 Å². The van der Waals surface area contributed by atoms with E-state index in [0.29, 0.717) is 6.04 Å². The summed E-state index contributed by atoms with van der Waals surface area (Å²) in [5.41, 5.74) is 1.10. The summed E-state index contributed by atoms with van der Waals surface area (Å²) < 4.78 is 0. The monoisotopic (exact) mass is 222 g/mol. The first kappa shape index (κ1) is 15.2. The molecule has 0 saturated heterocycles. The van der Waals surface area contributed by atoms with Crippen molar-refractivity contribution in [3.63, 3.8) is 0 Å². The molecule has 2 nitrogen and oxygen atoms in total. The van der Waals surface area contributed by atoms with Crippen molar-refractivity contribution in [2.45, 2.75) is 26.4 Å². The maximum absolute atomic E-state index is 4.19. The van der Waals surface area contributed by atoms with E-state index in [2.05, 4.69) is 24.1 Å². The predicted molar refractivity (Wildman–Crippen MR) is 60.7 cm³/mol. The SMILES string of the molecule is CC(C)NCc1ccccn1.Cl.Cl. The quantitative estimate of drug-likeness (QED) is 0.851. The van der Waals surface area contributed by atoms with E-state index in [0.717, 1.165) is 12.2 Å². The highest BCUT2D eigenvalue weighted by molar-refractivity contribution is 5.85. The van der Waals surface area contributed by atoms with Gasteiger partial charge < -0.3 is 5.32 Å². The molecule has 0 spiro atoms. The van der Waals surface area contributed by atoms with Gasteiger partial charge in [-0.1, -0.05) is 19.9 Å². The second-order valence-corrected chi connectivity index (χ2v) is 2.86. The van der Waals surface area contributed by atoms with E-state index in [1.165, 1.54) is 0 Å². The maximum Gasteiger partial charge on any atom is 0.0541 e. The van der Waals surface area contributed by atoms with Gasteiger partial charge in [-0.05, 0) is 12.1 Å². The smallest absolute Gasteiger partial charge is 0.0541 e. The van der Waals surface area contributed by atoms with Crippen molar-refractivity contribution >= 4 is 24.8 Å². The molecule has 0 unspecified atom stereocenters. The van der Waals surface area contributed by atoms with Crippen LogP contribution in [0.5, 0.6) is 0 Å². The molecule has 0 bridgehead atoms. The van der Waals surface area contributed by atoms with Gasteiger partial charge in [0.15, 0.2) is 0 Å². The van der Waals surface area contributed by atoms with Crippen LogP contribution in [0.15, 0.2) is 24.4 Å². The van der Waals surface area contributed by atoms with Crippen molar-refractivity contribution in [1.82, 2.24) is 10.3 Å². The third-order valence-electron chi connectivity index (χ3n) is 1.42. The molecule has 0 fully saturated rings. The summed E-state index contributed by atoms with van der Waals surface area (Å²) in [4.78, 5) is 4.19. The molecule has 0 aliphatic heterocycles. The molecule has 0 saturated carbocycles. The lowest BCUT2D eigenvalue weighted by atomic mass is 10.3. The first-order valence-electron chi connectivity index (χ1n) is 3.92. The highest BCUT2D eigenvalue weighted by atomic mass is 35.5. The van der Waals surface area contributed by atoms with Gasteiger partial charge >= 0.3 is 0 Å². The number of hydrogen-bond donors (Lipinski definition) is 1. The molecule has 1 aromatic rings. The van der Waals surface area contributed by atoms with Crippen molar-refractivity contribution < 1.29 is 0 Å². The van der Waals surface area contributed by atoms with E-state index < -0.39 is 0 Å². The van der Waals surface area contributed by atoms with Crippen molar-refractivity contribution in [2.24, 2.45) is 0 Å². The zero-order valence-corrected chi connectivity index (χ0v) is 9.49. The average molecular weight is 223 g/mol. The Kier molecular flexibility index (Phi) is 9.68. The Hall–Kier alpha value is -0.310. The minimum absolute atomic E-state index is 0. The minimum Gasteiger partial charge on any atom is -0.309 e. The summed E-state index contributed by atoms with van der Waals surface area (Å²) in [5.74, 6) is 0. The van der Waals surface area contributed by atoms with Crippen LogP contribution in [0.2, 0.25) is 0 Å². The normalized spacial score (nSPS) is 8.85. The molecule has 1 heterocycles. The number of hydrogen-bond acceptors (Lipinski definition) is 2. The first-order chi connectivity index (χ1) is 5.29. The average Bonchev–Trinajstić information content (AvgIpc) is 2.03. The molecule has 1 N–H and O–H groups in total. The summed E-state index contributed by atoms with van der Waals surface area (Å²) >= 11 is 0. The molecular weight excluding hydrogens is 207 g/mol. The summed E-state index contributed by atoms with van der Waals surface area (Å²) in [7, 11) is 0. The molecule has 0 atom stereocenters. The minimum atomic E-state index is 0. The number of pyridine rings is 1. The van der Waals surface area contributed by atoms with E-state index in [1.54, 1.807) is 0 Å². The van der Waals surface area contributed by atoms with Gasteiger partial charge in [0.25, 0.3) is 0 Å². The molecule has 0 aliphatic carbocycles. The Balaban J connectivity index is 0.